The third kappa shape index (κ3) is 6.03. The summed E-state index contributed by atoms with van der Waals surface area (Å²) in [6, 6.07) is 9.19. The standard InChI is InChI=1S/C24H36O5/c1-2-3-7-14-24(27-17-18-28-24)15-12-21-19(13-16-25)10-11-22(21)29-23(26)20-8-5-4-6-9-20/h4-6,8-9,19,21-22,25H,2-3,7,10-18H2,1H3/t19?,21-,22?/m1/s1. The van der Waals surface area contributed by atoms with Gasteiger partial charge in [-0.3, -0.25) is 0 Å². The fourth-order valence-electron chi connectivity index (χ4n) is 4.92. The quantitative estimate of drug-likeness (QED) is 0.427. The predicted molar refractivity (Wildman–Crippen MR) is 112 cm³/mol. The number of rotatable bonds is 11. The molecule has 0 spiro atoms. The second-order valence-electron chi connectivity index (χ2n) is 8.43. The van der Waals surface area contributed by atoms with Crippen molar-refractivity contribution in [3.05, 3.63) is 35.9 Å². The monoisotopic (exact) mass is 404 g/mol. The third-order valence-electron chi connectivity index (χ3n) is 6.51. The number of hydrogen-bond donors (Lipinski definition) is 1. The highest BCUT2D eigenvalue weighted by Crippen LogP contribution is 2.42. The highest BCUT2D eigenvalue weighted by atomic mass is 16.7. The van der Waals surface area contributed by atoms with Gasteiger partial charge in [-0.15, -0.1) is 0 Å². The Labute approximate surface area is 174 Å². The molecule has 2 aliphatic rings. The lowest BCUT2D eigenvalue weighted by molar-refractivity contribution is -0.171. The molecule has 0 amide bonds. The highest BCUT2D eigenvalue weighted by Gasteiger charge is 2.42. The van der Waals surface area contributed by atoms with Crippen LogP contribution in [0.1, 0.15) is 75.1 Å². The van der Waals surface area contributed by atoms with Gasteiger partial charge in [-0.05, 0) is 56.1 Å². The fourth-order valence-corrected chi connectivity index (χ4v) is 4.92. The lowest BCUT2D eigenvalue weighted by Crippen LogP contribution is -2.33. The zero-order valence-electron chi connectivity index (χ0n) is 17.7. The molecule has 1 heterocycles. The minimum Gasteiger partial charge on any atom is -0.458 e. The Hall–Kier alpha value is -1.43. The molecule has 1 aliphatic heterocycles. The Morgan fingerprint density at radius 2 is 1.86 bits per heavy atom. The van der Waals surface area contributed by atoms with Crippen LogP contribution in [0, 0.1) is 11.8 Å². The SMILES string of the molecule is CCCCCC1(CC[C@@H]2C(CCO)CCC2OC(=O)c2ccccc2)OCCO1. The van der Waals surface area contributed by atoms with Crippen molar-refractivity contribution < 1.29 is 24.1 Å². The van der Waals surface area contributed by atoms with Gasteiger partial charge in [0.25, 0.3) is 0 Å². The number of hydrogen-bond acceptors (Lipinski definition) is 5. The second-order valence-corrected chi connectivity index (χ2v) is 8.43. The van der Waals surface area contributed by atoms with E-state index < -0.39 is 5.79 Å². The summed E-state index contributed by atoms with van der Waals surface area (Å²) in [6.07, 6.45) is 8.60. The van der Waals surface area contributed by atoms with Gasteiger partial charge in [-0.25, -0.2) is 4.79 Å². The van der Waals surface area contributed by atoms with Gasteiger partial charge in [0.15, 0.2) is 5.79 Å². The molecule has 0 radical (unpaired) electrons. The van der Waals surface area contributed by atoms with E-state index in [0.717, 1.165) is 44.9 Å². The average Bonchev–Trinajstić information content (AvgIpc) is 3.35. The second kappa shape index (κ2) is 11.1. The molecular weight excluding hydrogens is 368 g/mol. The van der Waals surface area contributed by atoms with E-state index in [9.17, 15) is 9.90 Å². The first-order chi connectivity index (χ1) is 14.2. The van der Waals surface area contributed by atoms with Crippen LogP contribution in [-0.4, -0.2) is 42.8 Å². The van der Waals surface area contributed by atoms with E-state index >= 15 is 0 Å². The molecule has 5 heteroatoms. The van der Waals surface area contributed by atoms with Crippen molar-refractivity contribution in [2.24, 2.45) is 11.8 Å². The fraction of sp³-hybridized carbons (Fsp3) is 0.708. The molecule has 5 nitrogen and oxygen atoms in total. The number of aliphatic hydroxyl groups is 1. The summed E-state index contributed by atoms with van der Waals surface area (Å²) in [4.78, 5) is 12.6. The molecule has 1 saturated carbocycles. The first-order valence-corrected chi connectivity index (χ1v) is 11.3. The topological polar surface area (TPSA) is 65.0 Å². The molecule has 3 atom stereocenters. The smallest absolute Gasteiger partial charge is 0.338 e. The zero-order valence-corrected chi connectivity index (χ0v) is 17.7. The molecule has 2 fully saturated rings. The largest absolute Gasteiger partial charge is 0.458 e. The summed E-state index contributed by atoms with van der Waals surface area (Å²) in [7, 11) is 0. The number of carbonyl (C=O) groups excluding carboxylic acids is 1. The van der Waals surface area contributed by atoms with Crippen molar-refractivity contribution in [2.45, 2.75) is 76.6 Å². The van der Waals surface area contributed by atoms with Crippen LogP contribution in [0.5, 0.6) is 0 Å². The minimum absolute atomic E-state index is 0.103. The van der Waals surface area contributed by atoms with Crippen molar-refractivity contribution in [1.82, 2.24) is 0 Å². The molecule has 0 bridgehead atoms. The van der Waals surface area contributed by atoms with Crippen LogP contribution in [0.25, 0.3) is 0 Å². The van der Waals surface area contributed by atoms with Gasteiger partial charge in [-0.2, -0.15) is 0 Å². The predicted octanol–water partition coefficient (Wildman–Crippen LogP) is 4.72. The van der Waals surface area contributed by atoms with Crippen molar-refractivity contribution in [3.63, 3.8) is 0 Å². The highest BCUT2D eigenvalue weighted by molar-refractivity contribution is 5.89. The summed E-state index contributed by atoms with van der Waals surface area (Å²) in [5.41, 5.74) is 0.593. The molecule has 29 heavy (non-hydrogen) atoms. The van der Waals surface area contributed by atoms with Gasteiger partial charge in [0, 0.05) is 19.4 Å². The summed E-state index contributed by atoms with van der Waals surface area (Å²) < 4.78 is 18.0. The van der Waals surface area contributed by atoms with Crippen LogP contribution in [0.15, 0.2) is 30.3 Å². The van der Waals surface area contributed by atoms with Crippen molar-refractivity contribution >= 4 is 5.97 Å². The van der Waals surface area contributed by atoms with Crippen LogP contribution in [-0.2, 0) is 14.2 Å². The maximum Gasteiger partial charge on any atom is 0.338 e. The Balaban J connectivity index is 1.63. The van der Waals surface area contributed by atoms with Gasteiger partial charge >= 0.3 is 5.97 Å². The third-order valence-corrected chi connectivity index (χ3v) is 6.51. The summed E-state index contributed by atoms with van der Waals surface area (Å²) >= 11 is 0. The van der Waals surface area contributed by atoms with Gasteiger partial charge in [0.05, 0.1) is 18.8 Å². The van der Waals surface area contributed by atoms with Crippen molar-refractivity contribution in [1.29, 1.82) is 0 Å². The summed E-state index contributed by atoms with van der Waals surface area (Å²) in [5, 5.41) is 9.51. The van der Waals surface area contributed by atoms with E-state index in [2.05, 4.69) is 6.92 Å². The van der Waals surface area contributed by atoms with E-state index in [4.69, 9.17) is 14.2 Å². The van der Waals surface area contributed by atoms with Crippen LogP contribution in [0.2, 0.25) is 0 Å². The molecule has 162 valence electrons. The van der Waals surface area contributed by atoms with Gasteiger partial charge in [0.2, 0.25) is 0 Å². The Kier molecular flexibility index (Phi) is 8.52. The van der Waals surface area contributed by atoms with Gasteiger partial charge in [-0.1, -0.05) is 38.0 Å². The van der Waals surface area contributed by atoms with Crippen LogP contribution in [0.4, 0.5) is 0 Å². The molecule has 0 aromatic heterocycles. The number of benzene rings is 1. The Morgan fingerprint density at radius 1 is 1.10 bits per heavy atom. The van der Waals surface area contributed by atoms with Crippen LogP contribution < -0.4 is 0 Å². The van der Waals surface area contributed by atoms with E-state index in [1.165, 1.54) is 12.8 Å². The molecule has 1 N–H and O–H groups in total. The van der Waals surface area contributed by atoms with E-state index in [1.54, 1.807) is 12.1 Å². The van der Waals surface area contributed by atoms with E-state index in [0.29, 0.717) is 24.7 Å². The zero-order chi connectivity index (χ0) is 20.5. The molecular formula is C24H36O5. The minimum atomic E-state index is -0.477. The molecule has 1 aliphatic carbocycles. The number of carbonyl (C=O) groups is 1. The van der Waals surface area contributed by atoms with Crippen molar-refractivity contribution in [3.8, 4) is 0 Å². The normalized spacial score (nSPS) is 25.9. The molecule has 1 aromatic carbocycles. The van der Waals surface area contributed by atoms with E-state index in [1.807, 2.05) is 18.2 Å². The lowest BCUT2D eigenvalue weighted by Gasteiger charge is -2.31. The molecule has 1 saturated heterocycles. The van der Waals surface area contributed by atoms with Crippen LogP contribution >= 0.6 is 0 Å². The number of aliphatic hydroxyl groups excluding tert-OH is 1. The number of esters is 1. The first kappa shape index (κ1) is 22.3. The number of unbranched alkanes of at least 4 members (excludes halogenated alkanes) is 2. The summed E-state index contributed by atoms with van der Waals surface area (Å²) in [5.74, 6) is -0.111. The maximum atomic E-state index is 12.6. The Morgan fingerprint density at radius 3 is 2.55 bits per heavy atom. The van der Waals surface area contributed by atoms with Crippen molar-refractivity contribution in [2.75, 3.05) is 19.8 Å². The summed E-state index contributed by atoms with van der Waals surface area (Å²) in [6.45, 7) is 3.69. The lowest BCUT2D eigenvalue weighted by atomic mass is 9.86. The number of ether oxygens (including phenoxy) is 3. The molecule has 2 unspecified atom stereocenters. The van der Waals surface area contributed by atoms with Crippen LogP contribution in [0.3, 0.4) is 0 Å². The van der Waals surface area contributed by atoms with E-state index in [-0.39, 0.29) is 24.6 Å². The first-order valence-electron chi connectivity index (χ1n) is 11.3. The van der Waals surface area contributed by atoms with Gasteiger partial charge in [0.1, 0.15) is 6.10 Å². The average molecular weight is 405 g/mol. The van der Waals surface area contributed by atoms with Gasteiger partial charge < -0.3 is 19.3 Å². The molecule has 1 aromatic rings. The molecule has 3 rings (SSSR count). The maximum absolute atomic E-state index is 12.6. The Bertz CT molecular complexity index is 611.